The second-order valence-electron chi connectivity index (χ2n) is 4.66. The molecule has 1 heterocycles. The van der Waals surface area contributed by atoms with Gasteiger partial charge in [-0.25, -0.2) is 4.39 Å². The van der Waals surface area contributed by atoms with E-state index in [0.717, 1.165) is 43.7 Å². The molecule has 1 aliphatic heterocycles. The lowest BCUT2D eigenvalue weighted by atomic mass is 10.0. The number of rotatable bonds is 5. The smallest absolute Gasteiger partial charge is 0.137 e. The van der Waals surface area contributed by atoms with E-state index in [4.69, 9.17) is 4.74 Å². The van der Waals surface area contributed by atoms with E-state index in [-0.39, 0.29) is 11.9 Å². The lowest BCUT2D eigenvalue weighted by molar-refractivity contribution is 0.167. The van der Waals surface area contributed by atoms with Gasteiger partial charge in [-0.15, -0.1) is 0 Å². The van der Waals surface area contributed by atoms with Crippen LogP contribution in [0.3, 0.4) is 0 Å². The van der Waals surface area contributed by atoms with E-state index in [0.29, 0.717) is 4.47 Å². The topological polar surface area (TPSA) is 21.3 Å². The minimum atomic E-state index is -0.239. The monoisotopic (exact) mass is 327 g/mol. The quantitative estimate of drug-likeness (QED) is 0.869. The number of halogens is 2. The lowest BCUT2D eigenvalue weighted by Crippen LogP contribution is -2.26. The molecule has 0 aliphatic carbocycles. The molecule has 1 aromatic rings. The largest absolute Gasteiger partial charge is 0.496 e. The first-order valence-electron chi connectivity index (χ1n) is 6.73. The Balaban J connectivity index is 2.25. The van der Waals surface area contributed by atoms with Gasteiger partial charge in [-0.05, 0) is 65.5 Å². The van der Waals surface area contributed by atoms with Gasteiger partial charge >= 0.3 is 0 Å². The van der Waals surface area contributed by atoms with E-state index in [2.05, 4.69) is 34.2 Å². The summed E-state index contributed by atoms with van der Waals surface area (Å²) in [6.07, 6.45) is 5.22. The van der Waals surface area contributed by atoms with Crippen LogP contribution in [-0.2, 0) is 4.74 Å². The van der Waals surface area contributed by atoms with Gasteiger partial charge in [-0.2, -0.15) is 0 Å². The van der Waals surface area contributed by atoms with Gasteiger partial charge in [0.1, 0.15) is 11.6 Å². The molecule has 0 amide bonds. The molecular formula is C15H19BrFNO. The van der Waals surface area contributed by atoms with Crippen LogP contribution in [0.25, 0.3) is 0 Å². The summed E-state index contributed by atoms with van der Waals surface area (Å²) < 4.78 is 19.9. The number of hydrogen-bond donors (Lipinski definition) is 1. The first kappa shape index (κ1) is 14.5. The SMILES string of the molecule is CCCNC(C1=CCCCO1)c1ccc(Br)c(F)c1. The maximum atomic E-state index is 13.7. The third-order valence-electron chi connectivity index (χ3n) is 3.12. The fraction of sp³-hybridized carbons (Fsp3) is 0.467. The summed E-state index contributed by atoms with van der Waals surface area (Å²) in [5.74, 6) is 0.679. The van der Waals surface area contributed by atoms with Gasteiger partial charge in [-0.3, -0.25) is 0 Å². The first-order chi connectivity index (χ1) is 9.22. The molecule has 104 valence electrons. The van der Waals surface area contributed by atoms with Crippen LogP contribution in [-0.4, -0.2) is 13.2 Å². The Morgan fingerprint density at radius 1 is 1.47 bits per heavy atom. The summed E-state index contributed by atoms with van der Waals surface area (Å²) in [7, 11) is 0. The first-order valence-corrected chi connectivity index (χ1v) is 7.53. The highest BCUT2D eigenvalue weighted by Gasteiger charge is 2.20. The highest BCUT2D eigenvalue weighted by atomic mass is 79.9. The number of hydrogen-bond acceptors (Lipinski definition) is 2. The second-order valence-corrected chi connectivity index (χ2v) is 5.51. The minimum Gasteiger partial charge on any atom is -0.496 e. The Morgan fingerprint density at radius 2 is 2.32 bits per heavy atom. The van der Waals surface area contributed by atoms with Crippen molar-refractivity contribution in [2.75, 3.05) is 13.2 Å². The van der Waals surface area contributed by atoms with Crippen molar-refractivity contribution >= 4 is 15.9 Å². The zero-order valence-corrected chi connectivity index (χ0v) is 12.7. The fourth-order valence-electron chi connectivity index (χ4n) is 2.14. The van der Waals surface area contributed by atoms with Crippen molar-refractivity contribution in [3.05, 3.63) is 45.9 Å². The Morgan fingerprint density at radius 3 is 2.95 bits per heavy atom. The maximum absolute atomic E-state index is 13.7. The predicted molar refractivity (Wildman–Crippen MR) is 78.4 cm³/mol. The molecule has 0 aromatic heterocycles. The van der Waals surface area contributed by atoms with E-state index in [1.165, 1.54) is 0 Å². The van der Waals surface area contributed by atoms with Crippen molar-refractivity contribution in [1.82, 2.24) is 5.32 Å². The van der Waals surface area contributed by atoms with E-state index in [9.17, 15) is 4.39 Å². The predicted octanol–water partition coefficient (Wildman–Crippen LogP) is 4.32. The van der Waals surface area contributed by atoms with E-state index >= 15 is 0 Å². The zero-order valence-electron chi connectivity index (χ0n) is 11.1. The molecule has 4 heteroatoms. The molecule has 0 saturated carbocycles. The lowest BCUT2D eigenvalue weighted by Gasteiger charge is -2.25. The summed E-state index contributed by atoms with van der Waals surface area (Å²) in [6, 6.07) is 5.19. The summed E-state index contributed by atoms with van der Waals surface area (Å²) in [5.41, 5.74) is 0.905. The standard InChI is InChI=1S/C15H19BrFNO/c1-2-8-18-15(14-5-3-4-9-19-14)11-6-7-12(16)13(17)10-11/h5-7,10,15,18H,2-4,8-9H2,1H3. The third kappa shape index (κ3) is 3.80. The van der Waals surface area contributed by atoms with Gasteiger partial charge in [0, 0.05) is 0 Å². The van der Waals surface area contributed by atoms with Gasteiger partial charge in [0.05, 0.1) is 17.1 Å². The van der Waals surface area contributed by atoms with Gasteiger partial charge in [0.25, 0.3) is 0 Å². The van der Waals surface area contributed by atoms with Crippen LogP contribution in [0, 0.1) is 5.82 Å². The Kier molecular flexibility index (Phi) is 5.40. The maximum Gasteiger partial charge on any atom is 0.137 e. The molecule has 1 aromatic carbocycles. The Hall–Kier alpha value is -0.870. The summed E-state index contributed by atoms with van der Waals surface area (Å²) in [4.78, 5) is 0. The molecule has 2 rings (SSSR count). The highest BCUT2D eigenvalue weighted by Crippen LogP contribution is 2.28. The normalized spacial score (nSPS) is 16.7. The fourth-order valence-corrected chi connectivity index (χ4v) is 2.39. The molecule has 1 N–H and O–H groups in total. The van der Waals surface area contributed by atoms with Crippen LogP contribution in [0.1, 0.15) is 37.8 Å². The average Bonchev–Trinajstić information content (AvgIpc) is 2.44. The molecular weight excluding hydrogens is 309 g/mol. The minimum absolute atomic E-state index is 0.0529. The molecule has 0 bridgehead atoms. The molecule has 0 saturated heterocycles. The Bertz CT molecular complexity index is 461. The number of ether oxygens (including phenoxy) is 1. The van der Waals surface area contributed by atoms with Crippen molar-refractivity contribution in [3.8, 4) is 0 Å². The van der Waals surface area contributed by atoms with Crippen LogP contribution in [0.15, 0.2) is 34.5 Å². The third-order valence-corrected chi connectivity index (χ3v) is 3.77. The molecule has 0 radical (unpaired) electrons. The van der Waals surface area contributed by atoms with E-state index in [1.807, 2.05) is 6.07 Å². The van der Waals surface area contributed by atoms with Crippen molar-refractivity contribution in [2.24, 2.45) is 0 Å². The van der Waals surface area contributed by atoms with Crippen molar-refractivity contribution in [3.63, 3.8) is 0 Å². The van der Waals surface area contributed by atoms with Crippen molar-refractivity contribution < 1.29 is 9.13 Å². The number of allylic oxidation sites excluding steroid dienone is 1. The van der Waals surface area contributed by atoms with Gasteiger partial charge in [0.2, 0.25) is 0 Å². The van der Waals surface area contributed by atoms with Crippen LogP contribution in [0.5, 0.6) is 0 Å². The van der Waals surface area contributed by atoms with Crippen LogP contribution >= 0.6 is 15.9 Å². The average molecular weight is 328 g/mol. The molecule has 0 spiro atoms. The van der Waals surface area contributed by atoms with Crippen molar-refractivity contribution in [2.45, 2.75) is 32.2 Å². The molecule has 2 nitrogen and oxygen atoms in total. The molecule has 19 heavy (non-hydrogen) atoms. The summed E-state index contributed by atoms with van der Waals surface area (Å²) >= 11 is 3.19. The van der Waals surface area contributed by atoms with Crippen LogP contribution in [0.4, 0.5) is 4.39 Å². The van der Waals surface area contributed by atoms with Gasteiger partial charge < -0.3 is 10.1 Å². The Labute approximate surface area is 122 Å². The van der Waals surface area contributed by atoms with Gasteiger partial charge in [-0.1, -0.05) is 13.0 Å². The molecule has 1 atom stereocenters. The van der Waals surface area contributed by atoms with Crippen LogP contribution < -0.4 is 5.32 Å². The second kappa shape index (κ2) is 7.06. The van der Waals surface area contributed by atoms with Crippen LogP contribution in [0.2, 0.25) is 0 Å². The zero-order chi connectivity index (χ0) is 13.7. The number of nitrogens with one attached hydrogen (secondary N) is 1. The van der Waals surface area contributed by atoms with Crippen molar-refractivity contribution in [1.29, 1.82) is 0 Å². The van der Waals surface area contributed by atoms with Gasteiger partial charge in [0.15, 0.2) is 0 Å². The number of benzene rings is 1. The van der Waals surface area contributed by atoms with E-state index in [1.54, 1.807) is 12.1 Å². The highest BCUT2D eigenvalue weighted by molar-refractivity contribution is 9.10. The molecule has 0 fully saturated rings. The summed E-state index contributed by atoms with van der Waals surface area (Å²) in [5, 5.41) is 3.43. The summed E-state index contributed by atoms with van der Waals surface area (Å²) in [6.45, 7) is 3.74. The molecule has 1 unspecified atom stereocenters. The van der Waals surface area contributed by atoms with E-state index < -0.39 is 0 Å². The molecule has 1 aliphatic rings.